The number of carbonyl (C=O) groups excluding carboxylic acids is 1. The van der Waals surface area contributed by atoms with Gasteiger partial charge in [0.15, 0.2) is 5.78 Å². The molecule has 0 saturated heterocycles. The van der Waals surface area contributed by atoms with Crippen LogP contribution in [0.5, 0.6) is 5.75 Å². The lowest BCUT2D eigenvalue weighted by atomic mass is 9.83. The highest BCUT2D eigenvalue weighted by molar-refractivity contribution is 5.90. The van der Waals surface area contributed by atoms with Gasteiger partial charge < -0.3 is 10.4 Å². The van der Waals surface area contributed by atoms with E-state index in [1.54, 1.807) is 12.1 Å². The number of rotatable bonds is 6. The van der Waals surface area contributed by atoms with Gasteiger partial charge in [0.05, 0.1) is 5.54 Å². The molecule has 0 radical (unpaired) electrons. The monoisotopic (exact) mass is 263 g/mol. The molecule has 1 rings (SSSR count). The minimum atomic E-state index is -0.570. The summed E-state index contributed by atoms with van der Waals surface area (Å²) in [4.78, 5) is 12.5. The maximum Gasteiger partial charge on any atom is 0.155 e. The normalized spacial score (nSPS) is 14.7. The van der Waals surface area contributed by atoms with Crippen molar-refractivity contribution in [2.45, 2.75) is 52.6 Å². The average molecular weight is 263 g/mol. The van der Waals surface area contributed by atoms with Crippen LogP contribution in [0.4, 0.5) is 0 Å². The second kappa shape index (κ2) is 6.20. The number of carbonyl (C=O) groups is 1. The number of aromatic hydroxyl groups is 1. The highest BCUT2D eigenvalue weighted by atomic mass is 16.3. The van der Waals surface area contributed by atoms with E-state index < -0.39 is 5.54 Å². The second-order valence-electron chi connectivity index (χ2n) is 5.99. The Labute approximate surface area is 116 Å². The number of hydrogen-bond donors (Lipinski definition) is 2. The summed E-state index contributed by atoms with van der Waals surface area (Å²) in [7, 11) is 0. The van der Waals surface area contributed by atoms with Crippen LogP contribution < -0.4 is 5.32 Å². The number of hydrogen-bond acceptors (Lipinski definition) is 3. The zero-order valence-corrected chi connectivity index (χ0v) is 12.5. The van der Waals surface area contributed by atoms with Crippen molar-refractivity contribution in [1.82, 2.24) is 5.32 Å². The summed E-state index contributed by atoms with van der Waals surface area (Å²) >= 11 is 0. The molecule has 0 heterocycles. The van der Waals surface area contributed by atoms with E-state index in [-0.39, 0.29) is 23.5 Å². The maximum atomic E-state index is 12.5. The van der Waals surface area contributed by atoms with Crippen LogP contribution in [0.1, 0.15) is 40.2 Å². The summed E-state index contributed by atoms with van der Waals surface area (Å²) in [5, 5.41) is 12.7. The van der Waals surface area contributed by atoms with E-state index in [9.17, 15) is 9.90 Å². The van der Waals surface area contributed by atoms with E-state index in [0.29, 0.717) is 6.42 Å². The lowest BCUT2D eigenvalue weighted by Gasteiger charge is -2.33. The van der Waals surface area contributed by atoms with Gasteiger partial charge in [-0.25, -0.2) is 0 Å². The lowest BCUT2D eigenvalue weighted by molar-refractivity contribution is -0.128. The molecule has 3 nitrogen and oxygen atoms in total. The van der Waals surface area contributed by atoms with Crippen LogP contribution in [0.3, 0.4) is 0 Å². The van der Waals surface area contributed by atoms with E-state index in [4.69, 9.17) is 0 Å². The Balaban J connectivity index is 2.97. The first kappa shape index (κ1) is 15.7. The fraction of sp³-hybridized carbons (Fsp3) is 0.562. The summed E-state index contributed by atoms with van der Waals surface area (Å²) < 4.78 is 0. The molecule has 106 valence electrons. The molecule has 1 unspecified atom stereocenters. The van der Waals surface area contributed by atoms with Crippen molar-refractivity contribution in [2.24, 2.45) is 5.92 Å². The second-order valence-corrected chi connectivity index (χ2v) is 5.99. The summed E-state index contributed by atoms with van der Waals surface area (Å²) in [6, 6.07) is 7.28. The highest BCUT2D eigenvalue weighted by Gasteiger charge is 2.34. The van der Waals surface area contributed by atoms with Gasteiger partial charge in [0, 0.05) is 12.0 Å². The van der Waals surface area contributed by atoms with Crippen LogP contribution in [-0.4, -0.2) is 22.5 Å². The topological polar surface area (TPSA) is 49.3 Å². The van der Waals surface area contributed by atoms with E-state index in [1.165, 1.54) is 0 Å². The summed E-state index contributed by atoms with van der Waals surface area (Å²) in [5.74, 6) is 0.458. The SMILES string of the molecule is CC(C)NC(C)(Cc1ccc(O)cc1)C(=O)C(C)C. The van der Waals surface area contributed by atoms with Crippen molar-refractivity contribution in [2.75, 3.05) is 0 Å². The van der Waals surface area contributed by atoms with Crippen LogP contribution in [0.15, 0.2) is 24.3 Å². The lowest BCUT2D eigenvalue weighted by Crippen LogP contribution is -2.55. The minimum Gasteiger partial charge on any atom is -0.508 e. The van der Waals surface area contributed by atoms with Crippen LogP contribution in [0, 0.1) is 5.92 Å². The van der Waals surface area contributed by atoms with Crippen LogP contribution in [-0.2, 0) is 11.2 Å². The zero-order valence-electron chi connectivity index (χ0n) is 12.5. The first-order valence-corrected chi connectivity index (χ1v) is 6.84. The zero-order chi connectivity index (χ0) is 14.6. The third kappa shape index (κ3) is 4.35. The molecule has 0 aliphatic rings. The van der Waals surface area contributed by atoms with Crippen molar-refractivity contribution in [1.29, 1.82) is 0 Å². The van der Waals surface area contributed by atoms with E-state index in [0.717, 1.165) is 5.56 Å². The molecule has 0 aliphatic carbocycles. The molecule has 0 bridgehead atoms. The van der Waals surface area contributed by atoms with Crippen molar-refractivity contribution in [3.8, 4) is 5.75 Å². The fourth-order valence-corrected chi connectivity index (χ4v) is 2.51. The largest absolute Gasteiger partial charge is 0.508 e. The molecule has 1 aromatic rings. The van der Waals surface area contributed by atoms with Gasteiger partial charge in [0.2, 0.25) is 0 Å². The van der Waals surface area contributed by atoms with Gasteiger partial charge in [-0.15, -0.1) is 0 Å². The maximum absolute atomic E-state index is 12.5. The molecule has 0 fully saturated rings. The average Bonchev–Trinajstić information content (AvgIpc) is 2.30. The quantitative estimate of drug-likeness (QED) is 0.829. The number of ketones is 1. The molecule has 0 aromatic heterocycles. The van der Waals surface area contributed by atoms with Gasteiger partial charge >= 0.3 is 0 Å². The summed E-state index contributed by atoms with van der Waals surface area (Å²) in [6.07, 6.45) is 0.627. The predicted octanol–water partition coefficient (Wildman–Crippen LogP) is 2.92. The predicted molar refractivity (Wildman–Crippen MR) is 78.3 cm³/mol. The summed E-state index contributed by atoms with van der Waals surface area (Å²) in [6.45, 7) is 9.91. The standard InChI is InChI=1S/C16H25NO2/c1-11(2)15(19)16(5,17-12(3)4)10-13-6-8-14(18)9-7-13/h6-9,11-12,17-18H,10H2,1-5H3. The van der Waals surface area contributed by atoms with Crippen LogP contribution >= 0.6 is 0 Å². The summed E-state index contributed by atoms with van der Waals surface area (Å²) in [5.41, 5.74) is 0.474. The number of Topliss-reactive ketones (excluding diaryl/α,β-unsaturated/α-hetero) is 1. The molecular formula is C16H25NO2. The van der Waals surface area contributed by atoms with Gasteiger partial charge in [-0.1, -0.05) is 26.0 Å². The Bertz CT molecular complexity index is 423. The highest BCUT2D eigenvalue weighted by Crippen LogP contribution is 2.21. The third-order valence-corrected chi connectivity index (χ3v) is 3.17. The van der Waals surface area contributed by atoms with Gasteiger partial charge in [-0.05, 0) is 44.9 Å². The number of phenolic OH excluding ortho intramolecular Hbond substituents is 1. The van der Waals surface area contributed by atoms with Crippen molar-refractivity contribution in [3.05, 3.63) is 29.8 Å². The van der Waals surface area contributed by atoms with Crippen molar-refractivity contribution in [3.63, 3.8) is 0 Å². The Morgan fingerprint density at radius 3 is 2.16 bits per heavy atom. The molecular weight excluding hydrogens is 238 g/mol. The number of nitrogens with one attached hydrogen (secondary N) is 1. The Kier molecular flexibility index (Phi) is 5.12. The molecule has 0 amide bonds. The smallest absolute Gasteiger partial charge is 0.155 e. The molecule has 0 aliphatic heterocycles. The molecule has 2 N–H and O–H groups in total. The Morgan fingerprint density at radius 1 is 1.21 bits per heavy atom. The minimum absolute atomic E-state index is 0.00614. The molecule has 3 heteroatoms. The molecule has 1 aromatic carbocycles. The first-order chi connectivity index (χ1) is 8.74. The molecule has 19 heavy (non-hydrogen) atoms. The van der Waals surface area contributed by atoms with E-state index >= 15 is 0 Å². The molecule has 0 spiro atoms. The van der Waals surface area contributed by atoms with Gasteiger partial charge in [-0.3, -0.25) is 4.79 Å². The van der Waals surface area contributed by atoms with Gasteiger partial charge in [-0.2, -0.15) is 0 Å². The first-order valence-electron chi connectivity index (χ1n) is 6.84. The molecule has 0 saturated carbocycles. The number of phenols is 1. The van der Waals surface area contributed by atoms with Crippen molar-refractivity contribution >= 4 is 5.78 Å². The Morgan fingerprint density at radius 2 is 1.74 bits per heavy atom. The third-order valence-electron chi connectivity index (χ3n) is 3.17. The fourth-order valence-electron chi connectivity index (χ4n) is 2.51. The van der Waals surface area contributed by atoms with Crippen LogP contribution in [0.25, 0.3) is 0 Å². The van der Waals surface area contributed by atoms with Crippen LogP contribution in [0.2, 0.25) is 0 Å². The number of benzene rings is 1. The van der Waals surface area contributed by atoms with E-state index in [2.05, 4.69) is 5.32 Å². The Hall–Kier alpha value is -1.35. The van der Waals surface area contributed by atoms with Gasteiger partial charge in [0.1, 0.15) is 5.75 Å². The van der Waals surface area contributed by atoms with Crippen molar-refractivity contribution < 1.29 is 9.90 Å². The molecule has 1 atom stereocenters. The van der Waals surface area contributed by atoms with Gasteiger partial charge in [0.25, 0.3) is 0 Å². The van der Waals surface area contributed by atoms with E-state index in [1.807, 2.05) is 46.8 Å².